The number of nitrogens with zero attached hydrogens (tertiary/aromatic N) is 3. The first-order valence-corrected chi connectivity index (χ1v) is 6.17. The van der Waals surface area contributed by atoms with Gasteiger partial charge in [-0.15, -0.1) is 11.3 Å². The second-order valence-electron chi connectivity index (χ2n) is 3.55. The van der Waals surface area contributed by atoms with Gasteiger partial charge >= 0.3 is 5.97 Å². The molecule has 7 heteroatoms. The van der Waals surface area contributed by atoms with Crippen molar-refractivity contribution in [2.75, 3.05) is 0 Å². The SMILES string of the molecule is O=C(O)c1cnc(-c2cnc3ccc(Cl)cn23)s1. The first-order chi connectivity index (χ1) is 8.65. The molecule has 0 spiro atoms. The van der Waals surface area contributed by atoms with Crippen molar-refractivity contribution < 1.29 is 9.90 Å². The van der Waals surface area contributed by atoms with E-state index in [1.165, 1.54) is 6.20 Å². The lowest BCUT2D eigenvalue weighted by atomic mass is 10.4. The lowest BCUT2D eigenvalue weighted by molar-refractivity contribution is 0.0702. The number of hydrogen-bond acceptors (Lipinski definition) is 4. The molecule has 0 aliphatic heterocycles. The van der Waals surface area contributed by atoms with Gasteiger partial charge in [0.1, 0.15) is 21.2 Å². The minimum Gasteiger partial charge on any atom is -0.477 e. The molecule has 3 heterocycles. The third-order valence-corrected chi connectivity index (χ3v) is 3.64. The van der Waals surface area contributed by atoms with Gasteiger partial charge in [0.25, 0.3) is 0 Å². The molecule has 0 atom stereocenters. The van der Waals surface area contributed by atoms with Crippen LogP contribution in [0.2, 0.25) is 5.02 Å². The van der Waals surface area contributed by atoms with Gasteiger partial charge in [0.2, 0.25) is 0 Å². The van der Waals surface area contributed by atoms with Crippen LogP contribution in [0.25, 0.3) is 16.3 Å². The van der Waals surface area contributed by atoms with Crippen LogP contribution in [-0.2, 0) is 0 Å². The van der Waals surface area contributed by atoms with E-state index in [-0.39, 0.29) is 4.88 Å². The number of imidazole rings is 1. The number of fused-ring (bicyclic) bond motifs is 1. The maximum absolute atomic E-state index is 10.8. The summed E-state index contributed by atoms with van der Waals surface area (Å²) in [4.78, 5) is 19.3. The Balaban J connectivity index is 2.18. The topological polar surface area (TPSA) is 67.5 Å². The largest absolute Gasteiger partial charge is 0.477 e. The molecule has 3 rings (SSSR count). The van der Waals surface area contributed by atoms with Gasteiger partial charge < -0.3 is 5.11 Å². The maximum Gasteiger partial charge on any atom is 0.347 e. The van der Waals surface area contributed by atoms with Gasteiger partial charge in [0.05, 0.1) is 17.4 Å². The molecule has 0 aliphatic rings. The van der Waals surface area contributed by atoms with Crippen LogP contribution >= 0.6 is 22.9 Å². The van der Waals surface area contributed by atoms with Crippen LogP contribution < -0.4 is 0 Å². The molecule has 0 saturated carbocycles. The van der Waals surface area contributed by atoms with E-state index >= 15 is 0 Å². The Kier molecular flexibility index (Phi) is 2.53. The molecule has 0 amide bonds. The van der Waals surface area contributed by atoms with Crippen molar-refractivity contribution in [2.24, 2.45) is 0 Å². The fourth-order valence-corrected chi connectivity index (χ4v) is 2.53. The monoisotopic (exact) mass is 279 g/mol. The third-order valence-electron chi connectivity index (χ3n) is 2.41. The summed E-state index contributed by atoms with van der Waals surface area (Å²) in [5.41, 5.74) is 1.46. The molecular formula is C11H6ClN3O2S. The Bertz CT molecular complexity index is 750. The van der Waals surface area contributed by atoms with Gasteiger partial charge in [-0.2, -0.15) is 0 Å². The smallest absolute Gasteiger partial charge is 0.347 e. The molecule has 0 radical (unpaired) electrons. The van der Waals surface area contributed by atoms with E-state index in [1.807, 2.05) is 0 Å². The van der Waals surface area contributed by atoms with E-state index in [0.29, 0.717) is 10.0 Å². The number of halogens is 1. The van der Waals surface area contributed by atoms with Crippen molar-refractivity contribution in [3.05, 3.63) is 40.6 Å². The number of carbonyl (C=O) groups is 1. The molecule has 3 aromatic heterocycles. The van der Waals surface area contributed by atoms with Crippen molar-refractivity contribution in [1.82, 2.24) is 14.4 Å². The van der Waals surface area contributed by atoms with Gasteiger partial charge in [0, 0.05) is 6.20 Å². The number of hydrogen-bond donors (Lipinski definition) is 1. The number of carboxylic acid groups (broad SMARTS) is 1. The Labute approximate surface area is 110 Å². The Hall–Kier alpha value is -1.92. The standard InChI is InChI=1S/C11H6ClN3O2S/c12-6-1-2-9-13-3-7(15(9)5-6)10-14-4-8(18-10)11(16)17/h1-5H,(H,16,17). The number of pyridine rings is 1. The van der Waals surface area contributed by atoms with Crippen LogP contribution in [-0.4, -0.2) is 25.4 Å². The lowest BCUT2D eigenvalue weighted by Gasteiger charge is -1.98. The first-order valence-electron chi connectivity index (χ1n) is 4.97. The highest BCUT2D eigenvalue weighted by atomic mass is 35.5. The van der Waals surface area contributed by atoms with Crippen LogP contribution in [0.3, 0.4) is 0 Å². The van der Waals surface area contributed by atoms with Gasteiger partial charge in [-0.3, -0.25) is 4.40 Å². The summed E-state index contributed by atoms with van der Waals surface area (Å²) in [7, 11) is 0. The van der Waals surface area contributed by atoms with Crippen LogP contribution in [0.5, 0.6) is 0 Å². The van der Waals surface area contributed by atoms with Crippen molar-refractivity contribution in [3.8, 4) is 10.7 Å². The third kappa shape index (κ3) is 1.75. The van der Waals surface area contributed by atoms with Crippen LogP contribution in [0, 0.1) is 0 Å². The summed E-state index contributed by atoms with van der Waals surface area (Å²) in [6.07, 6.45) is 4.71. The van der Waals surface area contributed by atoms with Gasteiger partial charge in [-0.25, -0.2) is 14.8 Å². The molecule has 0 fully saturated rings. The quantitative estimate of drug-likeness (QED) is 0.783. The van der Waals surface area contributed by atoms with E-state index in [2.05, 4.69) is 9.97 Å². The average Bonchev–Trinajstić information content (AvgIpc) is 2.93. The summed E-state index contributed by atoms with van der Waals surface area (Å²) in [5, 5.41) is 10.1. The molecule has 0 unspecified atom stereocenters. The lowest BCUT2D eigenvalue weighted by Crippen LogP contribution is -1.89. The zero-order chi connectivity index (χ0) is 12.7. The molecule has 0 saturated heterocycles. The zero-order valence-corrected chi connectivity index (χ0v) is 10.4. The van der Waals surface area contributed by atoms with Crippen LogP contribution in [0.1, 0.15) is 9.67 Å². The van der Waals surface area contributed by atoms with Gasteiger partial charge in [0.15, 0.2) is 0 Å². The number of rotatable bonds is 2. The molecule has 90 valence electrons. The molecule has 1 N–H and O–H groups in total. The van der Waals surface area contributed by atoms with E-state index in [1.54, 1.807) is 28.9 Å². The fraction of sp³-hybridized carbons (Fsp3) is 0. The first kappa shape index (κ1) is 11.2. The zero-order valence-electron chi connectivity index (χ0n) is 8.87. The Morgan fingerprint density at radius 1 is 1.33 bits per heavy atom. The second-order valence-corrected chi connectivity index (χ2v) is 5.02. The van der Waals surface area contributed by atoms with Crippen molar-refractivity contribution in [3.63, 3.8) is 0 Å². The molecule has 0 aliphatic carbocycles. The second kappa shape index (κ2) is 4.08. The minimum atomic E-state index is -0.981. The summed E-state index contributed by atoms with van der Waals surface area (Å²) < 4.78 is 1.78. The summed E-state index contributed by atoms with van der Waals surface area (Å²) in [6, 6.07) is 3.54. The highest BCUT2D eigenvalue weighted by Gasteiger charge is 2.13. The van der Waals surface area contributed by atoms with E-state index in [4.69, 9.17) is 16.7 Å². The Morgan fingerprint density at radius 2 is 2.17 bits per heavy atom. The predicted molar refractivity (Wildman–Crippen MR) is 68.3 cm³/mol. The molecule has 5 nitrogen and oxygen atoms in total. The van der Waals surface area contributed by atoms with E-state index in [0.717, 1.165) is 22.7 Å². The predicted octanol–water partition coefficient (Wildman–Crippen LogP) is 2.81. The molecule has 0 aromatic carbocycles. The maximum atomic E-state index is 10.8. The van der Waals surface area contributed by atoms with E-state index < -0.39 is 5.97 Å². The highest BCUT2D eigenvalue weighted by Crippen LogP contribution is 2.26. The van der Waals surface area contributed by atoms with Crippen LogP contribution in [0.15, 0.2) is 30.7 Å². The Morgan fingerprint density at radius 3 is 2.89 bits per heavy atom. The molecule has 0 bridgehead atoms. The number of thiazole rings is 1. The number of carboxylic acids is 1. The van der Waals surface area contributed by atoms with Crippen molar-refractivity contribution >= 4 is 34.6 Å². The minimum absolute atomic E-state index is 0.196. The summed E-state index contributed by atoms with van der Waals surface area (Å²) in [6.45, 7) is 0. The molecule has 18 heavy (non-hydrogen) atoms. The molecule has 3 aromatic rings. The number of aromatic nitrogens is 3. The number of aromatic carboxylic acids is 1. The van der Waals surface area contributed by atoms with Gasteiger partial charge in [-0.1, -0.05) is 11.6 Å². The molecular weight excluding hydrogens is 274 g/mol. The summed E-state index contributed by atoms with van der Waals surface area (Å²) >= 11 is 7.04. The fourth-order valence-electron chi connectivity index (χ4n) is 1.60. The van der Waals surface area contributed by atoms with Crippen molar-refractivity contribution in [1.29, 1.82) is 0 Å². The van der Waals surface area contributed by atoms with Crippen LogP contribution in [0.4, 0.5) is 0 Å². The average molecular weight is 280 g/mol. The summed E-state index contributed by atoms with van der Waals surface area (Å²) in [5.74, 6) is -0.981. The van der Waals surface area contributed by atoms with Crippen molar-refractivity contribution in [2.45, 2.75) is 0 Å². The highest BCUT2D eigenvalue weighted by molar-refractivity contribution is 7.16. The van der Waals surface area contributed by atoms with Gasteiger partial charge in [-0.05, 0) is 12.1 Å². The normalized spacial score (nSPS) is 10.9. The van der Waals surface area contributed by atoms with E-state index in [9.17, 15) is 4.79 Å².